The van der Waals surface area contributed by atoms with Crippen LogP contribution in [0, 0.1) is 29.6 Å². The summed E-state index contributed by atoms with van der Waals surface area (Å²) in [7, 11) is 6.08. The molecule has 10 atom stereocenters. The number of amides is 5. The van der Waals surface area contributed by atoms with Gasteiger partial charge in [-0.25, -0.2) is 4.79 Å². The molecule has 1 aromatic rings. The number of carboxylic acids is 1. The van der Waals surface area contributed by atoms with Crippen molar-refractivity contribution in [3.05, 3.63) is 48.0 Å². The van der Waals surface area contributed by atoms with Crippen LogP contribution in [0.5, 0.6) is 0 Å². The van der Waals surface area contributed by atoms with Crippen molar-refractivity contribution in [3.63, 3.8) is 0 Å². The normalized spacial score (nSPS) is 21.6. The Morgan fingerprint density at radius 1 is 0.924 bits per heavy atom. The molecule has 2 aliphatic rings. The first-order chi connectivity index (χ1) is 31.2. The van der Waals surface area contributed by atoms with Crippen LogP contribution >= 0.6 is 0 Å². The number of carbonyl (C=O) groups is 8. The zero-order valence-electron chi connectivity index (χ0n) is 41.1. The SMILES string of the molecule is CCC(=O)N([C@@H](Cc1ccccc1)C(=O)O)[C@@]1(C)NC[C@H](C(=O)C(C(=O)[C@@H](NC(=O)[C@H](C(C)C)N(C)C(=O)CCCCCN2C(=O)C=CC2=O)C(C)C)C(OC)C(NC)C(C)CC)[C@H]1OC. The van der Waals surface area contributed by atoms with Gasteiger partial charge in [-0.3, -0.25) is 43.8 Å². The van der Waals surface area contributed by atoms with Gasteiger partial charge in [-0.1, -0.05) is 91.6 Å². The average molecular weight is 925 g/mol. The lowest BCUT2D eigenvalue weighted by molar-refractivity contribution is -0.164. The summed E-state index contributed by atoms with van der Waals surface area (Å²) in [5.74, 6) is -8.00. The smallest absolute Gasteiger partial charge is 0.326 e. The highest BCUT2D eigenvalue weighted by molar-refractivity contribution is 6.13. The van der Waals surface area contributed by atoms with E-state index in [4.69, 9.17) is 9.47 Å². The summed E-state index contributed by atoms with van der Waals surface area (Å²) in [6, 6.07) is 4.89. The van der Waals surface area contributed by atoms with Gasteiger partial charge in [-0.15, -0.1) is 0 Å². The number of hydrogen-bond donors (Lipinski definition) is 4. The molecular formula is C49H76N6O11. The zero-order chi connectivity index (χ0) is 49.6. The molecule has 4 N–H and O–H groups in total. The van der Waals surface area contributed by atoms with Gasteiger partial charge in [-0.2, -0.15) is 0 Å². The van der Waals surface area contributed by atoms with E-state index in [0.29, 0.717) is 31.2 Å². The number of Topliss-reactive ketones (excluding diaryl/α,β-unsaturated/α-hetero) is 2. The number of hydrogen-bond acceptors (Lipinski definition) is 12. The number of carbonyl (C=O) groups excluding carboxylic acids is 7. The number of methoxy groups -OCH3 is 2. The number of carboxylic acid groups (broad SMARTS) is 1. The number of unbranched alkanes of at least 4 members (excludes halogenated alkanes) is 2. The number of benzene rings is 1. The maximum Gasteiger partial charge on any atom is 0.326 e. The number of nitrogens with one attached hydrogen (secondary N) is 3. The highest BCUT2D eigenvalue weighted by Crippen LogP contribution is 2.37. The number of ketones is 2. The summed E-state index contributed by atoms with van der Waals surface area (Å²) in [6.45, 7) is 14.5. The monoisotopic (exact) mass is 925 g/mol. The second kappa shape index (κ2) is 25.3. The third-order valence-corrected chi connectivity index (χ3v) is 13.5. The predicted octanol–water partition coefficient (Wildman–Crippen LogP) is 3.38. The lowest BCUT2D eigenvalue weighted by Crippen LogP contribution is -2.67. The van der Waals surface area contributed by atoms with Crippen LogP contribution in [0.4, 0.5) is 0 Å². The van der Waals surface area contributed by atoms with Crippen molar-refractivity contribution in [2.24, 2.45) is 29.6 Å². The Labute approximate surface area is 391 Å². The number of rotatable bonds is 28. The van der Waals surface area contributed by atoms with Gasteiger partial charge in [0.1, 0.15) is 29.8 Å². The maximum atomic E-state index is 15.5. The Hall–Kier alpha value is -4.84. The van der Waals surface area contributed by atoms with Gasteiger partial charge in [0, 0.05) is 71.8 Å². The van der Waals surface area contributed by atoms with Crippen molar-refractivity contribution in [1.82, 2.24) is 30.7 Å². The molecule has 0 saturated carbocycles. The van der Waals surface area contributed by atoms with Gasteiger partial charge >= 0.3 is 5.97 Å². The molecule has 0 aromatic heterocycles. The standard InChI is InChI=1S/C49H76N6O11/c1-13-31(7)41(50-9)45(65-11)39(43(60)33-28-51-49(8,46(33)66-12)55(35(56)14-2)34(48(63)64)27-32-21-17-15-18-22-32)44(61)40(29(3)4)52-47(62)42(30(5)6)53(10)36(57)23-19-16-20-26-54-37(58)24-25-38(54)59/h15,17-18,21-22,24-25,29-31,33-34,39-42,45-46,50-51H,13-14,16,19-20,23,26-28H2,1-12H3,(H,52,62)(H,63,64)/t31?,33-,34+,39?,40+,41?,42+,45?,46-,49-/m1/s1. The number of aliphatic carboxylic acids is 1. The van der Waals surface area contributed by atoms with E-state index in [1.54, 1.807) is 79.9 Å². The molecule has 0 radical (unpaired) electrons. The fourth-order valence-corrected chi connectivity index (χ4v) is 9.68. The molecule has 368 valence electrons. The molecule has 17 nitrogen and oxygen atoms in total. The van der Waals surface area contributed by atoms with E-state index in [1.807, 2.05) is 19.9 Å². The fourth-order valence-electron chi connectivity index (χ4n) is 9.68. The first-order valence-electron chi connectivity index (χ1n) is 23.4. The summed E-state index contributed by atoms with van der Waals surface area (Å²) >= 11 is 0. The highest BCUT2D eigenvalue weighted by Gasteiger charge is 2.58. The molecule has 2 aliphatic heterocycles. The molecule has 0 spiro atoms. The van der Waals surface area contributed by atoms with E-state index >= 15 is 9.59 Å². The van der Waals surface area contributed by atoms with E-state index in [1.165, 1.54) is 36.2 Å². The molecule has 2 heterocycles. The number of likely N-dealkylation sites (N-methyl/N-ethyl adjacent to an activating group) is 2. The van der Waals surface area contributed by atoms with E-state index < -0.39 is 89.1 Å². The van der Waals surface area contributed by atoms with Crippen LogP contribution in [0.25, 0.3) is 0 Å². The van der Waals surface area contributed by atoms with E-state index in [-0.39, 0.29) is 61.9 Å². The van der Waals surface area contributed by atoms with Crippen molar-refractivity contribution in [1.29, 1.82) is 0 Å². The third-order valence-electron chi connectivity index (χ3n) is 13.5. The quantitative estimate of drug-likeness (QED) is 0.0539. The molecule has 0 aliphatic carbocycles. The second-order valence-electron chi connectivity index (χ2n) is 18.5. The number of imide groups is 1. The van der Waals surface area contributed by atoms with Gasteiger partial charge < -0.3 is 35.0 Å². The Kier molecular flexibility index (Phi) is 21.3. The van der Waals surface area contributed by atoms with Crippen LogP contribution in [0.3, 0.4) is 0 Å². The molecular weight excluding hydrogens is 849 g/mol. The van der Waals surface area contributed by atoms with Crippen molar-refractivity contribution < 1.29 is 52.9 Å². The summed E-state index contributed by atoms with van der Waals surface area (Å²) in [4.78, 5) is 113. The summed E-state index contributed by atoms with van der Waals surface area (Å²) in [6.07, 6.45) is 2.59. The van der Waals surface area contributed by atoms with Gasteiger partial charge in [0.15, 0.2) is 11.6 Å². The first-order valence-corrected chi connectivity index (χ1v) is 23.4. The predicted molar refractivity (Wildman–Crippen MR) is 248 cm³/mol. The fraction of sp³-hybridized carbons (Fsp3) is 0.673. The van der Waals surface area contributed by atoms with Crippen LogP contribution in [0.2, 0.25) is 0 Å². The van der Waals surface area contributed by atoms with Crippen LogP contribution in [-0.4, -0.2) is 150 Å². The average Bonchev–Trinajstić information content (AvgIpc) is 3.80. The molecule has 1 fully saturated rings. The number of ether oxygens (including phenoxy) is 2. The first kappa shape index (κ1) is 55.5. The van der Waals surface area contributed by atoms with E-state index in [2.05, 4.69) is 16.0 Å². The molecule has 0 bridgehead atoms. The van der Waals surface area contributed by atoms with E-state index in [0.717, 1.165) is 4.90 Å². The molecule has 1 aromatic carbocycles. The molecule has 1 saturated heterocycles. The minimum Gasteiger partial charge on any atom is -0.480 e. The van der Waals surface area contributed by atoms with Crippen molar-refractivity contribution in [2.45, 2.75) is 142 Å². The van der Waals surface area contributed by atoms with Gasteiger partial charge in [0.05, 0.1) is 18.1 Å². The summed E-state index contributed by atoms with van der Waals surface area (Å²) < 4.78 is 12.2. The Morgan fingerprint density at radius 2 is 1.55 bits per heavy atom. The minimum absolute atomic E-state index is 0.0168. The van der Waals surface area contributed by atoms with Crippen LogP contribution < -0.4 is 16.0 Å². The second-order valence-corrected chi connectivity index (χ2v) is 18.5. The maximum absolute atomic E-state index is 15.5. The Morgan fingerprint density at radius 3 is 2.05 bits per heavy atom. The van der Waals surface area contributed by atoms with Crippen LogP contribution in [0.15, 0.2) is 42.5 Å². The van der Waals surface area contributed by atoms with E-state index in [9.17, 15) is 33.9 Å². The van der Waals surface area contributed by atoms with Crippen molar-refractivity contribution >= 4 is 47.1 Å². The minimum atomic E-state index is -1.52. The van der Waals surface area contributed by atoms with Gasteiger partial charge in [-0.05, 0) is 50.1 Å². The number of nitrogens with zero attached hydrogens (tertiary/aromatic N) is 3. The van der Waals surface area contributed by atoms with Crippen LogP contribution in [0.1, 0.15) is 99.5 Å². The van der Waals surface area contributed by atoms with Gasteiger partial charge in [0.2, 0.25) is 17.7 Å². The van der Waals surface area contributed by atoms with Crippen molar-refractivity contribution in [2.75, 3.05) is 41.4 Å². The summed E-state index contributed by atoms with van der Waals surface area (Å²) in [5.41, 5.74) is -0.831. The lowest BCUT2D eigenvalue weighted by Gasteiger charge is -2.46. The Bertz CT molecular complexity index is 1870. The molecule has 4 unspecified atom stereocenters. The van der Waals surface area contributed by atoms with Crippen LogP contribution in [-0.2, 0) is 54.3 Å². The zero-order valence-corrected chi connectivity index (χ0v) is 41.1. The van der Waals surface area contributed by atoms with Crippen molar-refractivity contribution in [3.8, 4) is 0 Å². The lowest BCUT2D eigenvalue weighted by atomic mass is 9.74. The molecule has 3 rings (SSSR count). The topological polar surface area (TPSA) is 221 Å². The highest BCUT2D eigenvalue weighted by atomic mass is 16.5. The van der Waals surface area contributed by atoms with Gasteiger partial charge in [0.25, 0.3) is 11.8 Å². The Balaban J connectivity index is 2.00. The molecule has 5 amide bonds. The summed E-state index contributed by atoms with van der Waals surface area (Å²) in [5, 5.41) is 20.1. The molecule has 17 heteroatoms. The third kappa shape index (κ3) is 13.0. The largest absolute Gasteiger partial charge is 0.480 e. The molecule has 66 heavy (non-hydrogen) atoms.